The Morgan fingerprint density at radius 1 is 1.32 bits per heavy atom. The maximum absolute atomic E-state index is 5.84. The van der Waals surface area contributed by atoms with Crippen LogP contribution in [-0.2, 0) is 0 Å². The molecule has 0 aromatic carbocycles. The van der Waals surface area contributed by atoms with E-state index in [0.29, 0.717) is 11.9 Å². The maximum Gasteiger partial charge on any atom is 0.188 e. The third-order valence-corrected chi connectivity index (χ3v) is 3.96. The highest BCUT2D eigenvalue weighted by molar-refractivity contribution is 5.77. The van der Waals surface area contributed by atoms with Gasteiger partial charge in [-0.1, -0.05) is 33.1 Å². The van der Waals surface area contributed by atoms with Crippen LogP contribution in [0.4, 0.5) is 0 Å². The summed E-state index contributed by atoms with van der Waals surface area (Å²) in [5.74, 6) is 1.28. The van der Waals surface area contributed by atoms with Crippen molar-refractivity contribution in [3.05, 3.63) is 0 Å². The van der Waals surface area contributed by atoms with Gasteiger partial charge in [-0.3, -0.25) is 4.99 Å². The van der Waals surface area contributed by atoms with E-state index in [4.69, 9.17) is 5.73 Å². The highest BCUT2D eigenvalue weighted by Crippen LogP contribution is 2.21. The van der Waals surface area contributed by atoms with E-state index in [1.54, 1.807) is 0 Å². The molecular formula is C15H32N4. The molecular weight excluding hydrogens is 236 g/mol. The van der Waals surface area contributed by atoms with Gasteiger partial charge in [-0.05, 0) is 32.2 Å². The van der Waals surface area contributed by atoms with E-state index in [9.17, 15) is 0 Å². The molecule has 1 fully saturated rings. The Labute approximate surface area is 118 Å². The second kappa shape index (κ2) is 9.18. The fraction of sp³-hybridized carbons (Fsp3) is 0.933. The molecule has 0 radical (unpaired) electrons. The van der Waals surface area contributed by atoms with Crippen molar-refractivity contribution >= 4 is 5.96 Å². The molecule has 0 bridgehead atoms. The molecule has 0 amide bonds. The summed E-state index contributed by atoms with van der Waals surface area (Å²) in [5.41, 5.74) is 5.84. The molecule has 0 saturated heterocycles. The largest absolute Gasteiger partial charge is 0.370 e. The van der Waals surface area contributed by atoms with Crippen molar-refractivity contribution in [1.82, 2.24) is 10.2 Å². The number of rotatable bonds is 7. The van der Waals surface area contributed by atoms with Gasteiger partial charge in [0, 0.05) is 25.7 Å². The van der Waals surface area contributed by atoms with Crippen LogP contribution in [0.1, 0.15) is 52.4 Å². The number of guanidine groups is 1. The standard InChI is InChI=1S/C15H32N4/c1-13(2)9-10-17-15(16)18-11-12-19(3)14-7-5-4-6-8-14/h13-14H,4-12H2,1-3H3,(H3,16,17,18). The van der Waals surface area contributed by atoms with Gasteiger partial charge in [-0.2, -0.15) is 0 Å². The third-order valence-electron chi connectivity index (χ3n) is 3.96. The second-order valence-corrected chi connectivity index (χ2v) is 6.15. The lowest BCUT2D eigenvalue weighted by molar-refractivity contribution is 0.194. The van der Waals surface area contributed by atoms with E-state index < -0.39 is 0 Å². The van der Waals surface area contributed by atoms with Gasteiger partial charge in [0.25, 0.3) is 0 Å². The lowest BCUT2D eigenvalue weighted by atomic mass is 9.94. The molecule has 0 heterocycles. The minimum atomic E-state index is 0.595. The molecule has 19 heavy (non-hydrogen) atoms. The average molecular weight is 268 g/mol. The molecule has 0 aliphatic heterocycles. The van der Waals surface area contributed by atoms with Crippen LogP contribution in [0.5, 0.6) is 0 Å². The van der Waals surface area contributed by atoms with Crippen molar-refractivity contribution in [3.63, 3.8) is 0 Å². The molecule has 1 aliphatic carbocycles. The van der Waals surface area contributed by atoms with E-state index in [2.05, 4.69) is 36.1 Å². The van der Waals surface area contributed by atoms with E-state index in [-0.39, 0.29) is 0 Å². The molecule has 4 nitrogen and oxygen atoms in total. The number of hydrogen-bond acceptors (Lipinski definition) is 2. The lowest BCUT2D eigenvalue weighted by Crippen LogP contribution is -2.41. The van der Waals surface area contributed by atoms with Gasteiger partial charge < -0.3 is 16.0 Å². The van der Waals surface area contributed by atoms with E-state index in [0.717, 1.165) is 32.1 Å². The highest BCUT2D eigenvalue weighted by atomic mass is 15.2. The zero-order valence-corrected chi connectivity index (χ0v) is 13.0. The smallest absolute Gasteiger partial charge is 0.188 e. The van der Waals surface area contributed by atoms with Gasteiger partial charge in [0.2, 0.25) is 0 Å². The van der Waals surface area contributed by atoms with E-state index >= 15 is 0 Å². The molecule has 0 spiro atoms. The molecule has 0 atom stereocenters. The summed E-state index contributed by atoms with van der Waals surface area (Å²) >= 11 is 0. The Kier molecular flexibility index (Phi) is 7.87. The van der Waals surface area contributed by atoms with Gasteiger partial charge in [-0.25, -0.2) is 0 Å². The summed E-state index contributed by atoms with van der Waals surface area (Å²) in [5, 5.41) is 3.21. The van der Waals surface area contributed by atoms with Crippen LogP contribution in [0.25, 0.3) is 0 Å². The SMILES string of the molecule is CC(C)CCN=C(N)NCCN(C)C1CCCCC1. The second-order valence-electron chi connectivity index (χ2n) is 6.15. The summed E-state index contributed by atoms with van der Waals surface area (Å²) in [6, 6.07) is 0.773. The summed E-state index contributed by atoms with van der Waals surface area (Å²) in [4.78, 5) is 6.80. The van der Waals surface area contributed by atoms with Crippen molar-refractivity contribution in [2.24, 2.45) is 16.6 Å². The molecule has 112 valence electrons. The Bertz CT molecular complexity index is 257. The van der Waals surface area contributed by atoms with Crippen molar-refractivity contribution in [2.45, 2.75) is 58.4 Å². The first kappa shape index (κ1) is 16.3. The fourth-order valence-electron chi connectivity index (χ4n) is 2.56. The average Bonchev–Trinajstić information content (AvgIpc) is 2.39. The van der Waals surface area contributed by atoms with Crippen LogP contribution in [0.2, 0.25) is 0 Å². The van der Waals surface area contributed by atoms with Crippen LogP contribution >= 0.6 is 0 Å². The number of nitrogens with one attached hydrogen (secondary N) is 1. The third kappa shape index (κ3) is 7.41. The molecule has 0 aromatic rings. The van der Waals surface area contributed by atoms with Crippen molar-refractivity contribution < 1.29 is 0 Å². The summed E-state index contributed by atoms with van der Waals surface area (Å²) in [6.45, 7) is 7.18. The molecule has 0 aromatic heterocycles. The van der Waals surface area contributed by atoms with Crippen LogP contribution in [0, 0.1) is 5.92 Å². The fourth-order valence-corrected chi connectivity index (χ4v) is 2.56. The molecule has 1 rings (SSSR count). The van der Waals surface area contributed by atoms with Gasteiger partial charge in [0.05, 0.1) is 0 Å². The van der Waals surface area contributed by atoms with E-state index in [1.807, 2.05) is 0 Å². The molecule has 0 unspecified atom stereocenters. The summed E-state index contributed by atoms with van der Waals surface area (Å²) < 4.78 is 0. The lowest BCUT2D eigenvalue weighted by Gasteiger charge is -2.31. The molecule has 3 N–H and O–H groups in total. The first-order valence-electron chi connectivity index (χ1n) is 7.83. The Morgan fingerprint density at radius 2 is 2.00 bits per heavy atom. The Hall–Kier alpha value is -0.770. The monoisotopic (exact) mass is 268 g/mol. The number of hydrogen-bond donors (Lipinski definition) is 2. The number of nitrogens with two attached hydrogens (primary N) is 1. The van der Waals surface area contributed by atoms with Gasteiger partial charge in [0.1, 0.15) is 0 Å². The van der Waals surface area contributed by atoms with Crippen LogP contribution in [0.3, 0.4) is 0 Å². The first-order valence-corrected chi connectivity index (χ1v) is 7.83. The number of likely N-dealkylation sites (N-methyl/N-ethyl adjacent to an activating group) is 1. The Balaban J connectivity index is 2.11. The van der Waals surface area contributed by atoms with Crippen molar-refractivity contribution in [1.29, 1.82) is 0 Å². The topological polar surface area (TPSA) is 53.6 Å². The van der Waals surface area contributed by atoms with Crippen molar-refractivity contribution in [3.8, 4) is 0 Å². The maximum atomic E-state index is 5.84. The predicted molar refractivity (Wildman–Crippen MR) is 83.5 cm³/mol. The molecule has 4 heteroatoms. The predicted octanol–water partition coefficient (Wildman–Crippen LogP) is 2.20. The molecule has 1 aliphatic rings. The van der Waals surface area contributed by atoms with Gasteiger partial charge in [-0.15, -0.1) is 0 Å². The minimum absolute atomic E-state index is 0.595. The minimum Gasteiger partial charge on any atom is -0.370 e. The highest BCUT2D eigenvalue weighted by Gasteiger charge is 2.17. The van der Waals surface area contributed by atoms with E-state index in [1.165, 1.54) is 32.1 Å². The normalized spacial score (nSPS) is 18.3. The van der Waals surface area contributed by atoms with Crippen LogP contribution in [0.15, 0.2) is 4.99 Å². The van der Waals surface area contributed by atoms with Gasteiger partial charge >= 0.3 is 0 Å². The molecule has 1 saturated carbocycles. The number of nitrogens with zero attached hydrogens (tertiary/aromatic N) is 2. The summed E-state index contributed by atoms with van der Waals surface area (Å²) in [7, 11) is 2.23. The zero-order valence-electron chi connectivity index (χ0n) is 13.0. The zero-order chi connectivity index (χ0) is 14.1. The van der Waals surface area contributed by atoms with Gasteiger partial charge in [0.15, 0.2) is 5.96 Å². The summed E-state index contributed by atoms with van der Waals surface area (Å²) in [6.07, 6.45) is 8.01. The van der Waals surface area contributed by atoms with Crippen molar-refractivity contribution in [2.75, 3.05) is 26.7 Å². The quantitative estimate of drug-likeness (QED) is 0.550. The van der Waals surface area contributed by atoms with Crippen LogP contribution < -0.4 is 11.1 Å². The van der Waals surface area contributed by atoms with Crippen LogP contribution in [-0.4, -0.2) is 43.6 Å². The number of aliphatic imine (C=N–C) groups is 1. The Morgan fingerprint density at radius 3 is 2.63 bits per heavy atom. The first-order chi connectivity index (χ1) is 9.09.